The van der Waals surface area contributed by atoms with Gasteiger partial charge in [-0.3, -0.25) is 9.97 Å². The molecule has 220 valence electrons. The summed E-state index contributed by atoms with van der Waals surface area (Å²) < 4.78 is 4.88. The molecule has 0 amide bonds. The van der Waals surface area contributed by atoms with E-state index in [-0.39, 0.29) is 0 Å². The van der Waals surface area contributed by atoms with Gasteiger partial charge in [0.25, 0.3) is 0 Å². The molecule has 0 saturated carbocycles. The van der Waals surface area contributed by atoms with E-state index in [0.29, 0.717) is 10.0 Å². The van der Waals surface area contributed by atoms with E-state index in [2.05, 4.69) is 81.9 Å². The molecule has 4 nitrogen and oxygen atoms in total. The summed E-state index contributed by atoms with van der Waals surface area (Å²) in [7, 11) is 0. The van der Waals surface area contributed by atoms with Crippen LogP contribution in [0.15, 0.2) is 122 Å². The van der Waals surface area contributed by atoms with Crippen LogP contribution in [0.3, 0.4) is 0 Å². The minimum Gasteiger partial charge on any atom is -0.339 e. The summed E-state index contributed by atoms with van der Waals surface area (Å²) in [5.74, 6) is 0. The van der Waals surface area contributed by atoms with Crippen LogP contribution in [0.1, 0.15) is 19.3 Å². The molecule has 4 aromatic carbocycles. The first-order chi connectivity index (χ1) is 22.2. The number of aromatic nitrogens is 4. The van der Waals surface area contributed by atoms with E-state index >= 15 is 0 Å². The van der Waals surface area contributed by atoms with Crippen molar-refractivity contribution in [3.8, 4) is 22.5 Å². The van der Waals surface area contributed by atoms with Crippen LogP contribution in [0.25, 0.3) is 66.1 Å². The Kier molecular flexibility index (Phi) is 7.25. The van der Waals surface area contributed by atoms with Gasteiger partial charge < -0.3 is 9.13 Å². The average molecular weight is 626 g/mol. The van der Waals surface area contributed by atoms with Gasteiger partial charge in [0, 0.05) is 69.2 Å². The number of benzene rings is 4. The summed E-state index contributed by atoms with van der Waals surface area (Å²) in [6, 6.07) is 37.5. The number of para-hydroxylation sites is 2. The molecule has 0 radical (unpaired) electrons. The van der Waals surface area contributed by atoms with E-state index in [0.717, 1.165) is 65.9 Å². The maximum absolute atomic E-state index is 6.68. The van der Waals surface area contributed by atoms with Crippen LogP contribution in [-0.2, 0) is 13.1 Å². The fourth-order valence-corrected chi connectivity index (χ4v) is 7.34. The van der Waals surface area contributed by atoms with Gasteiger partial charge in [0.1, 0.15) is 0 Å². The maximum Gasteiger partial charge on any atom is 0.0960 e. The SMILES string of the molecule is Clc1ccccc1-c1nccc2c3ccccc3n(CCCCCn3c4ccccc4c4ccnc(-c5ccccc5Cl)c43)c12. The summed E-state index contributed by atoms with van der Waals surface area (Å²) in [6.45, 7) is 1.79. The third kappa shape index (κ3) is 4.77. The Morgan fingerprint density at radius 3 is 1.33 bits per heavy atom. The molecular formula is C39H30Cl2N4. The van der Waals surface area contributed by atoms with Crippen molar-refractivity contribution in [1.82, 2.24) is 19.1 Å². The Bertz CT molecular complexity index is 2180. The lowest BCUT2D eigenvalue weighted by molar-refractivity contribution is 0.569. The summed E-state index contributed by atoms with van der Waals surface area (Å²) in [6.07, 6.45) is 6.95. The fraction of sp³-hybridized carbons (Fsp3) is 0.128. The number of aryl methyl sites for hydroxylation is 2. The standard InChI is InChI=1S/C39H30Cl2N4/c40-32-16-6-2-14-30(32)36-38-28(20-22-42-36)26-12-4-8-18-34(26)44(38)24-10-1-11-25-45-35-19-9-5-13-27(35)29-21-23-43-37(39(29)45)31-15-3-7-17-33(31)41/h2-9,12-23H,1,10-11,24-25H2. The molecule has 0 unspecified atom stereocenters. The van der Waals surface area contributed by atoms with Gasteiger partial charge in [-0.1, -0.05) is 96.0 Å². The third-order valence-corrected chi connectivity index (χ3v) is 9.54. The van der Waals surface area contributed by atoms with Crippen molar-refractivity contribution in [2.24, 2.45) is 0 Å². The van der Waals surface area contributed by atoms with Crippen molar-refractivity contribution in [3.05, 3.63) is 132 Å². The first-order valence-electron chi connectivity index (χ1n) is 15.4. The molecule has 0 aliphatic carbocycles. The second kappa shape index (κ2) is 11.7. The molecular weight excluding hydrogens is 595 g/mol. The Hall–Kier alpha value is -4.64. The number of pyridine rings is 2. The molecule has 8 aromatic rings. The molecule has 0 aliphatic rings. The van der Waals surface area contributed by atoms with E-state index in [1.54, 1.807) is 0 Å². The summed E-state index contributed by atoms with van der Waals surface area (Å²) in [4.78, 5) is 9.69. The predicted molar refractivity (Wildman–Crippen MR) is 189 cm³/mol. The number of nitrogens with zero attached hydrogens (tertiary/aromatic N) is 4. The lowest BCUT2D eigenvalue weighted by atomic mass is 10.1. The van der Waals surface area contributed by atoms with Gasteiger partial charge in [0.2, 0.25) is 0 Å². The van der Waals surface area contributed by atoms with Crippen molar-refractivity contribution in [2.45, 2.75) is 32.4 Å². The summed E-state index contributed by atoms with van der Waals surface area (Å²) in [5, 5.41) is 6.33. The van der Waals surface area contributed by atoms with Crippen LogP contribution in [0.4, 0.5) is 0 Å². The summed E-state index contributed by atoms with van der Waals surface area (Å²) >= 11 is 13.4. The van der Waals surface area contributed by atoms with Gasteiger partial charge >= 0.3 is 0 Å². The monoisotopic (exact) mass is 624 g/mol. The quantitative estimate of drug-likeness (QED) is 0.158. The van der Waals surface area contributed by atoms with Crippen LogP contribution in [0.5, 0.6) is 0 Å². The molecule has 0 saturated heterocycles. The molecule has 0 bridgehead atoms. The molecule has 0 fully saturated rings. The fourth-order valence-electron chi connectivity index (χ4n) is 6.89. The lowest BCUT2D eigenvalue weighted by Crippen LogP contribution is -2.03. The van der Waals surface area contributed by atoms with Crippen LogP contribution >= 0.6 is 23.2 Å². The highest BCUT2D eigenvalue weighted by Crippen LogP contribution is 2.39. The molecule has 6 heteroatoms. The zero-order chi connectivity index (χ0) is 30.3. The maximum atomic E-state index is 6.68. The van der Waals surface area contributed by atoms with Gasteiger partial charge in [-0.25, -0.2) is 0 Å². The van der Waals surface area contributed by atoms with E-state index in [4.69, 9.17) is 33.2 Å². The Labute approximate surface area is 271 Å². The zero-order valence-corrected chi connectivity index (χ0v) is 26.1. The van der Waals surface area contributed by atoms with Crippen molar-refractivity contribution in [3.63, 3.8) is 0 Å². The van der Waals surface area contributed by atoms with Gasteiger partial charge in [0.05, 0.1) is 32.5 Å². The predicted octanol–water partition coefficient (Wildman–Crippen LogP) is 11.2. The molecule has 4 aromatic heterocycles. The molecule has 0 aliphatic heterocycles. The molecule has 8 rings (SSSR count). The topological polar surface area (TPSA) is 35.6 Å². The molecule has 0 atom stereocenters. The number of halogens is 2. The lowest BCUT2D eigenvalue weighted by Gasteiger charge is -2.13. The van der Waals surface area contributed by atoms with Crippen LogP contribution in [0, 0.1) is 0 Å². The molecule has 4 heterocycles. The number of unbranched alkanes of at least 4 members (excludes halogenated alkanes) is 2. The first kappa shape index (κ1) is 27.9. The number of rotatable bonds is 8. The van der Waals surface area contributed by atoms with E-state index < -0.39 is 0 Å². The Morgan fingerprint density at radius 1 is 0.444 bits per heavy atom. The van der Waals surface area contributed by atoms with Crippen LogP contribution in [0.2, 0.25) is 10.0 Å². The van der Waals surface area contributed by atoms with Crippen molar-refractivity contribution in [2.75, 3.05) is 0 Å². The van der Waals surface area contributed by atoms with Gasteiger partial charge in [-0.05, 0) is 55.7 Å². The second-order valence-electron chi connectivity index (χ2n) is 11.5. The summed E-state index contributed by atoms with van der Waals surface area (Å²) in [5.41, 5.74) is 8.53. The number of hydrogen-bond donors (Lipinski definition) is 0. The first-order valence-corrected chi connectivity index (χ1v) is 16.2. The van der Waals surface area contributed by atoms with Gasteiger partial charge in [-0.15, -0.1) is 0 Å². The average Bonchev–Trinajstić information content (AvgIpc) is 3.58. The Balaban J connectivity index is 1.12. The number of hydrogen-bond acceptors (Lipinski definition) is 2. The Morgan fingerprint density at radius 2 is 0.867 bits per heavy atom. The zero-order valence-electron chi connectivity index (χ0n) is 24.6. The second-order valence-corrected chi connectivity index (χ2v) is 12.3. The minimum absolute atomic E-state index is 0.714. The highest BCUT2D eigenvalue weighted by atomic mass is 35.5. The van der Waals surface area contributed by atoms with E-state index in [1.165, 1.54) is 32.6 Å². The van der Waals surface area contributed by atoms with E-state index in [9.17, 15) is 0 Å². The van der Waals surface area contributed by atoms with Gasteiger partial charge in [0.15, 0.2) is 0 Å². The van der Waals surface area contributed by atoms with Crippen molar-refractivity contribution in [1.29, 1.82) is 0 Å². The third-order valence-electron chi connectivity index (χ3n) is 8.88. The highest BCUT2D eigenvalue weighted by molar-refractivity contribution is 6.34. The van der Waals surface area contributed by atoms with Crippen molar-refractivity contribution >= 4 is 66.8 Å². The highest BCUT2D eigenvalue weighted by Gasteiger charge is 2.19. The molecule has 45 heavy (non-hydrogen) atoms. The number of fused-ring (bicyclic) bond motifs is 6. The van der Waals surface area contributed by atoms with Gasteiger partial charge in [-0.2, -0.15) is 0 Å². The molecule has 0 N–H and O–H groups in total. The van der Waals surface area contributed by atoms with Crippen LogP contribution in [-0.4, -0.2) is 19.1 Å². The normalized spacial score (nSPS) is 11.8. The smallest absolute Gasteiger partial charge is 0.0960 e. The van der Waals surface area contributed by atoms with Crippen LogP contribution < -0.4 is 0 Å². The molecule has 0 spiro atoms. The minimum atomic E-state index is 0.714. The largest absolute Gasteiger partial charge is 0.339 e. The van der Waals surface area contributed by atoms with E-state index in [1.807, 2.05) is 48.8 Å². The van der Waals surface area contributed by atoms with Crippen molar-refractivity contribution < 1.29 is 0 Å².